The summed E-state index contributed by atoms with van der Waals surface area (Å²) in [5, 5.41) is 13.8. The lowest BCUT2D eigenvalue weighted by Gasteiger charge is -2.35. The van der Waals surface area contributed by atoms with Gasteiger partial charge in [-0.05, 0) is 25.1 Å². The summed E-state index contributed by atoms with van der Waals surface area (Å²) in [4.78, 5) is 27.3. The maximum atomic E-state index is 12.4. The molecule has 1 aliphatic heterocycles. The van der Waals surface area contributed by atoms with Crippen LogP contribution in [-0.4, -0.2) is 55.6 Å². The highest BCUT2D eigenvalue weighted by molar-refractivity contribution is 5.93. The molecule has 1 fully saturated rings. The zero-order valence-electron chi connectivity index (χ0n) is 16.1. The summed E-state index contributed by atoms with van der Waals surface area (Å²) in [5.41, 5.74) is 2.05. The van der Waals surface area contributed by atoms with E-state index in [1.807, 2.05) is 18.2 Å². The van der Waals surface area contributed by atoms with Gasteiger partial charge in [-0.1, -0.05) is 12.1 Å². The van der Waals surface area contributed by atoms with Gasteiger partial charge >= 0.3 is 0 Å². The molecule has 0 atom stereocenters. The zero-order chi connectivity index (χ0) is 20.1. The summed E-state index contributed by atoms with van der Waals surface area (Å²) >= 11 is 0. The molecule has 28 heavy (non-hydrogen) atoms. The smallest absolute Gasteiger partial charge is 0.274 e. The van der Waals surface area contributed by atoms with Gasteiger partial charge in [-0.25, -0.2) is 0 Å². The molecule has 0 aromatic heterocycles. The van der Waals surface area contributed by atoms with Crippen LogP contribution in [0, 0.1) is 17.0 Å². The number of nitrogens with one attached hydrogen (secondary N) is 1. The fourth-order valence-electron chi connectivity index (χ4n) is 3.32. The van der Waals surface area contributed by atoms with Gasteiger partial charge in [0.2, 0.25) is 5.91 Å². The van der Waals surface area contributed by atoms with Crippen molar-refractivity contribution in [2.75, 3.05) is 50.1 Å². The molecule has 3 rings (SSSR count). The third-order valence-corrected chi connectivity index (χ3v) is 4.93. The monoisotopic (exact) mass is 384 g/mol. The van der Waals surface area contributed by atoms with Crippen LogP contribution in [0.3, 0.4) is 0 Å². The maximum absolute atomic E-state index is 12.4. The summed E-state index contributed by atoms with van der Waals surface area (Å²) in [5.74, 6) is 0.657. The normalized spacial score (nSPS) is 14.6. The number of amides is 1. The molecule has 0 unspecified atom stereocenters. The molecular weight excluding hydrogens is 360 g/mol. The highest BCUT2D eigenvalue weighted by Gasteiger charge is 2.21. The van der Waals surface area contributed by atoms with Crippen molar-refractivity contribution in [1.82, 2.24) is 4.90 Å². The van der Waals surface area contributed by atoms with Crippen LogP contribution in [0.25, 0.3) is 0 Å². The van der Waals surface area contributed by atoms with E-state index >= 15 is 0 Å². The van der Waals surface area contributed by atoms with Crippen molar-refractivity contribution >= 4 is 23.0 Å². The average molecular weight is 384 g/mol. The lowest BCUT2D eigenvalue weighted by Crippen LogP contribution is -2.48. The van der Waals surface area contributed by atoms with Crippen molar-refractivity contribution in [2.45, 2.75) is 6.92 Å². The number of nitro benzene ring substituents is 1. The van der Waals surface area contributed by atoms with Crippen molar-refractivity contribution in [3.8, 4) is 5.75 Å². The highest BCUT2D eigenvalue weighted by Crippen LogP contribution is 2.25. The number of nitrogens with zero attached hydrogens (tertiary/aromatic N) is 3. The van der Waals surface area contributed by atoms with Crippen LogP contribution in [-0.2, 0) is 4.79 Å². The van der Waals surface area contributed by atoms with Gasteiger partial charge in [0, 0.05) is 44.0 Å². The van der Waals surface area contributed by atoms with E-state index < -0.39 is 4.92 Å². The largest absolute Gasteiger partial charge is 0.497 e. The molecule has 1 aliphatic rings. The number of hydrogen-bond acceptors (Lipinski definition) is 6. The van der Waals surface area contributed by atoms with Gasteiger partial charge in [-0.2, -0.15) is 0 Å². The Bertz CT molecular complexity index is 863. The maximum Gasteiger partial charge on any atom is 0.274 e. The minimum Gasteiger partial charge on any atom is -0.497 e. The molecule has 1 heterocycles. The predicted octanol–water partition coefficient (Wildman–Crippen LogP) is 2.67. The summed E-state index contributed by atoms with van der Waals surface area (Å²) in [6.07, 6.45) is 0. The fourth-order valence-corrected chi connectivity index (χ4v) is 3.32. The van der Waals surface area contributed by atoms with Crippen LogP contribution in [0.2, 0.25) is 0 Å². The van der Waals surface area contributed by atoms with Gasteiger partial charge in [0.15, 0.2) is 0 Å². The van der Waals surface area contributed by atoms with Crippen LogP contribution >= 0.6 is 0 Å². The first-order valence-electron chi connectivity index (χ1n) is 9.13. The lowest BCUT2D eigenvalue weighted by molar-refractivity contribution is -0.385. The summed E-state index contributed by atoms with van der Waals surface area (Å²) in [6.45, 7) is 5.05. The van der Waals surface area contributed by atoms with Crippen molar-refractivity contribution in [2.24, 2.45) is 0 Å². The number of ether oxygens (including phenoxy) is 1. The Balaban J connectivity index is 1.54. The predicted molar refractivity (Wildman–Crippen MR) is 108 cm³/mol. The van der Waals surface area contributed by atoms with Gasteiger partial charge in [-0.3, -0.25) is 19.8 Å². The SMILES string of the molecule is COc1cccc(N2CCN(CC(=O)Nc3cccc([N+](=O)[O-])c3C)CC2)c1. The Kier molecular flexibility index (Phi) is 6.10. The van der Waals surface area contributed by atoms with Crippen LogP contribution in [0.15, 0.2) is 42.5 Å². The molecule has 8 nitrogen and oxygen atoms in total. The number of nitro groups is 1. The number of anilines is 2. The molecule has 0 spiro atoms. The Hall–Kier alpha value is -3.13. The number of benzene rings is 2. The minimum atomic E-state index is -0.442. The van der Waals surface area contributed by atoms with Crippen molar-refractivity contribution in [1.29, 1.82) is 0 Å². The van der Waals surface area contributed by atoms with E-state index in [1.54, 1.807) is 26.2 Å². The van der Waals surface area contributed by atoms with E-state index in [-0.39, 0.29) is 18.1 Å². The van der Waals surface area contributed by atoms with Crippen LogP contribution in [0.4, 0.5) is 17.1 Å². The molecular formula is C20H24N4O4. The molecule has 0 bridgehead atoms. The number of carbonyl (C=O) groups excluding carboxylic acids is 1. The fraction of sp³-hybridized carbons (Fsp3) is 0.350. The van der Waals surface area contributed by atoms with E-state index in [1.165, 1.54) is 6.07 Å². The Morgan fingerprint density at radius 3 is 2.57 bits per heavy atom. The average Bonchev–Trinajstić information content (AvgIpc) is 2.70. The van der Waals surface area contributed by atoms with Crippen LogP contribution in [0.1, 0.15) is 5.56 Å². The van der Waals surface area contributed by atoms with E-state index in [2.05, 4.69) is 21.2 Å². The van der Waals surface area contributed by atoms with E-state index in [4.69, 9.17) is 4.74 Å². The number of hydrogen-bond donors (Lipinski definition) is 1. The second-order valence-corrected chi connectivity index (χ2v) is 6.72. The van der Waals surface area contributed by atoms with Gasteiger partial charge in [0.05, 0.1) is 29.8 Å². The topological polar surface area (TPSA) is 88.0 Å². The minimum absolute atomic E-state index is 0.00436. The summed E-state index contributed by atoms with van der Waals surface area (Å²) in [6, 6.07) is 12.6. The molecule has 1 N–H and O–H groups in total. The van der Waals surface area contributed by atoms with Crippen molar-refractivity contribution < 1.29 is 14.5 Å². The highest BCUT2D eigenvalue weighted by atomic mass is 16.6. The van der Waals surface area contributed by atoms with Crippen molar-refractivity contribution in [3.05, 3.63) is 58.1 Å². The van der Waals surface area contributed by atoms with Crippen LogP contribution < -0.4 is 15.0 Å². The molecule has 0 radical (unpaired) electrons. The third kappa shape index (κ3) is 4.58. The lowest BCUT2D eigenvalue weighted by atomic mass is 10.1. The summed E-state index contributed by atoms with van der Waals surface area (Å²) in [7, 11) is 1.65. The Morgan fingerprint density at radius 2 is 1.89 bits per heavy atom. The molecule has 1 amide bonds. The second kappa shape index (κ2) is 8.71. The molecule has 0 saturated carbocycles. The van der Waals surface area contributed by atoms with Gasteiger partial charge in [-0.15, -0.1) is 0 Å². The zero-order valence-corrected chi connectivity index (χ0v) is 16.1. The number of carbonyl (C=O) groups is 1. The first-order valence-corrected chi connectivity index (χ1v) is 9.13. The van der Waals surface area contributed by atoms with E-state index in [0.29, 0.717) is 11.3 Å². The molecule has 2 aromatic carbocycles. The molecule has 1 saturated heterocycles. The molecule has 148 valence electrons. The molecule has 2 aromatic rings. The van der Waals surface area contributed by atoms with Crippen LogP contribution in [0.5, 0.6) is 5.75 Å². The van der Waals surface area contributed by atoms with Gasteiger partial charge in [0.1, 0.15) is 5.75 Å². The second-order valence-electron chi connectivity index (χ2n) is 6.72. The van der Waals surface area contributed by atoms with E-state index in [0.717, 1.165) is 37.6 Å². The first kappa shape index (κ1) is 19.6. The van der Waals surface area contributed by atoms with E-state index in [9.17, 15) is 14.9 Å². The van der Waals surface area contributed by atoms with Crippen molar-refractivity contribution in [3.63, 3.8) is 0 Å². The quantitative estimate of drug-likeness (QED) is 0.609. The number of piperazine rings is 1. The van der Waals surface area contributed by atoms with Gasteiger partial charge in [0.25, 0.3) is 5.69 Å². The number of rotatable bonds is 6. The standard InChI is InChI=1S/C20H24N4O4/c1-15-18(7-4-8-19(15)24(26)27)21-20(25)14-22-9-11-23(12-10-22)16-5-3-6-17(13-16)28-2/h3-8,13H,9-12,14H2,1-2H3,(H,21,25). The third-order valence-electron chi connectivity index (χ3n) is 4.93. The summed E-state index contributed by atoms with van der Waals surface area (Å²) < 4.78 is 5.28. The Labute approximate surface area is 163 Å². The molecule has 0 aliphatic carbocycles. The Morgan fingerprint density at radius 1 is 1.18 bits per heavy atom. The molecule has 8 heteroatoms. The first-order chi connectivity index (χ1) is 13.5. The van der Waals surface area contributed by atoms with Gasteiger partial charge < -0.3 is 15.0 Å². The number of methoxy groups -OCH3 is 1.